The topological polar surface area (TPSA) is 35.2 Å². The van der Waals surface area contributed by atoms with Crippen LogP contribution < -0.4 is 10.5 Å². The molecule has 0 saturated heterocycles. The fourth-order valence-corrected chi connectivity index (χ4v) is 1.61. The number of rotatable bonds is 3. The van der Waals surface area contributed by atoms with Crippen LogP contribution in [0.1, 0.15) is 18.0 Å². The van der Waals surface area contributed by atoms with E-state index in [0.717, 1.165) is 0 Å². The van der Waals surface area contributed by atoms with Gasteiger partial charge >= 0.3 is 6.18 Å². The average molecular weight is 254 g/mol. The van der Waals surface area contributed by atoms with Crippen molar-refractivity contribution in [2.45, 2.75) is 18.6 Å². The summed E-state index contributed by atoms with van der Waals surface area (Å²) in [6.07, 6.45) is -5.40. The van der Waals surface area contributed by atoms with Crippen molar-refractivity contribution in [1.82, 2.24) is 0 Å². The van der Waals surface area contributed by atoms with Crippen LogP contribution in [0.4, 0.5) is 13.2 Å². The number of methoxy groups -OCH3 is 1. The van der Waals surface area contributed by atoms with Gasteiger partial charge in [-0.05, 0) is 17.7 Å². The predicted octanol–water partition coefficient (Wildman–Crippen LogP) is 3.30. The summed E-state index contributed by atoms with van der Waals surface area (Å²) in [6, 6.07) is 3.25. The van der Waals surface area contributed by atoms with E-state index in [1.54, 1.807) is 0 Å². The number of benzene rings is 1. The molecule has 0 amide bonds. The van der Waals surface area contributed by atoms with Gasteiger partial charge in [-0.1, -0.05) is 17.7 Å². The molecule has 0 aromatic heterocycles. The van der Waals surface area contributed by atoms with Crippen molar-refractivity contribution in [2.75, 3.05) is 7.11 Å². The van der Waals surface area contributed by atoms with Gasteiger partial charge in [-0.3, -0.25) is 0 Å². The van der Waals surface area contributed by atoms with Crippen molar-refractivity contribution in [2.24, 2.45) is 5.73 Å². The van der Waals surface area contributed by atoms with Crippen LogP contribution in [0.15, 0.2) is 18.2 Å². The van der Waals surface area contributed by atoms with Gasteiger partial charge in [-0.25, -0.2) is 0 Å². The summed E-state index contributed by atoms with van der Waals surface area (Å²) in [5.41, 5.74) is 5.69. The minimum absolute atomic E-state index is 0.177. The summed E-state index contributed by atoms with van der Waals surface area (Å²) < 4.78 is 41.2. The van der Waals surface area contributed by atoms with E-state index in [-0.39, 0.29) is 10.6 Å². The van der Waals surface area contributed by atoms with Crippen molar-refractivity contribution >= 4 is 11.6 Å². The molecule has 0 aliphatic heterocycles. The maximum atomic E-state index is 12.1. The fourth-order valence-electron chi connectivity index (χ4n) is 1.29. The second-order valence-corrected chi connectivity index (χ2v) is 3.72. The minimum atomic E-state index is -4.30. The van der Waals surface area contributed by atoms with Gasteiger partial charge in [0.25, 0.3) is 0 Å². The van der Waals surface area contributed by atoms with Crippen LogP contribution in [0.25, 0.3) is 0 Å². The molecule has 1 rings (SSSR count). The molecule has 0 radical (unpaired) electrons. The van der Waals surface area contributed by atoms with Gasteiger partial charge < -0.3 is 10.5 Å². The van der Waals surface area contributed by atoms with Crippen LogP contribution >= 0.6 is 11.6 Å². The molecule has 1 aromatic rings. The van der Waals surface area contributed by atoms with Crippen LogP contribution in [0.2, 0.25) is 5.02 Å². The van der Waals surface area contributed by atoms with Gasteiger partial charge in [-0.2, -0.15) is 13.2 Å². The van der Waals surface area contributed by atoms with E-state index in [4.69, 9.17) is 22.1 Å². The Kier molecular flexibility index (Phi) is 4.04. The molecule has 0 aliphatic rings. The average Bonchev–Trinajstić information content (AvgIpc) is 2.14. The zero-order chi connectivity index (χ0) is 12.3. The Morgan fingerprint density at radius 2 is 2.06 bits per heavy atom. The zero-order valence-electron chi connectivity index (χ0n) is 8.51. The van der Waals surface area contributed by atoms with Crippen molar-refractivity contribution in [1.29, 1.82) is 0 Å². The van der Waals surface area contributed by atoms with Gasteiger partial charge in [0.2, 0.25) is 0 Å². The third-order valence-electron chi connectivity index (χ3n) is 2.06. The summed E-state index contributed by atoms with van der Waals surface area (Å²) in [4.78, 5) is 0. The molecule has 90 valence electrons. The SMILES string of the molecule is COc1ccc(C(N)CC(F)(F)F)c(Cl)c1. The molecule has 1 aromatic carbocycles. The maximum absolute atomic E-state index is 12.1. The van der Waals surface area contributed by atoms with Crippen molar-refractivity contribution in [3.63, 3.8) is 0 Å². The molecular formula is C10H11ClF3NO. The lowest BCUT2D eigenvalue weighted by Gasteiger charge is -2.16. The molecule has 0 saturated carbocycles. The van der Waals surface area contributed by atoms with Crippen LogP contribution in [0, 0.1) is 0 Å². The van der Waals surface area contributed by atoms with E-state index in [0.29, 0.717) is 5.75 Å². The number of ether oxygens (including phenoxy) is 1. The van der Waals surface area contributed by atoms with Gasteiger partial charge in [0.15, 0.2) is 0 Å². The van der Waals surface area contributed by atoms with Crippen LogP contribution in [0.5, 0.6) is 5.75 Å². The first-order valence-corrected chi connectivity index (χ1v) is 4.87. The van der Waals surface area contributed by atoms with Gasteiger partial charge in [0, 0.05) is 11.1 Å². The minimum Gasteiger partial charge on any atom is -0.497 e. The summed E-state index contributed by atoms with van der Waals surface area (Å²) in [5, 5.41) is 0.177. The highest BCUT2D eigenvalue weighted by Crippen LogP contribution is 2.32. The Morgan fingerprint density at radius 1 is 1.44 bits per heavy atom. The van der Waals surface area contributed by atoms with E-state index in [2.05, 4.69) is 0 Å². The quantitative estimate of drug-likeness (QED) is 0.897. The first kappa shape index (κ1) is 13.1. The lowest BCUT2D eigenvalue weighted by atomic mass is 10.0. The van der Waals surface area contributed by atoms with E-state index >= 15 is 0 Å². The lowest BCUT2D eigenvalue weighted by Crippen LogP contribution is -2.20. The Labute approximate surface area is 96.1 Å². The number of hydrogen-bond donors (Lipinski definition) is 1. The Bertz CT molecular complexity index is 368. The Morgan fingerprint density at radius 3 is 2.50 bits per heavy atom. The molecular weight excluding hydrogens is 243 g/mol. The smallest absolute Gasteiger partial charge is 0.390 e. The molecule has 0 aliphatic carbocycles. The third-order valence-corrected chi connectivity index (χ3v) is 2.39. The van der Waals surface area contributed by atoms with E-state index < -0.39 is 18.6 Å². The normalized spacial score (nSPS) is 13.6. The molecule has 16 heavy (non-hydrogen) atoms. The van der Waals surface area contributed by atoms with E-state index in [9.17, 15) is 13.2 Å². The third kappa shape index (κ3) is 3.57. The zero-order valence-corrected chi connectivity index (χ0v) is 9.27. The molecule has 2 nitrogen and oxygen atoms in total. The molecule has 6 heteroatoms. The van der Waals surface area contributed by atoms with Crippen molar-refractivity contribution in [3.8, 4) is 5.75 Å². The largest absolute Gasteiger partial charge is 0.497 e. The summed E-state index contributed by atoms with van der Waals surface area (Å²) >= 11 is 5.80. The number of nitrogens with two attached hydrogens (primary N) is 1. The molecule has 1 unspecified atom stereocenters. The summed E-state index contributed by atoms with van der Waals surface area (Å²) in [6.45, 7) is 0. The molecule has 1 atom stereocenters. The molecule has 0 fully saturated rings. The monoisotopic (exact) mass is 253 g/mol. The molecule has 0 bridgehead atoms. The van der Waals surface area contributed by atoms with Crippen molar-refractivity contribution in [3.05, 3.63) is 28.8 Å². The molecule has 2 N–H and O–H groups in total. The lowest BCUT2D eigenvalue weighted by molar-refractivity contribution is -0.138. The van der Waals surface area contributed by atoms with Crippen LogP contribution in [-0.2, 0) is 0 Å². The highest BCUT2D eigenvalue weighted by molar-refractivity contribution is 6.31. The number of alkyl halides is 3. The Hall–Kier alpha value is -0.940. The number of hydrogen-bond acceptors (Lipinski definition) is 2. The van der Waals surface area contributed by atoms with Crippen LogP contribution in [0.3, 0.4) is 0 Å². The maximum Gasteiger partial charge on any atom is 0.390 e. The standard InChI is InChI=1S/C10H11ClF3NO/c1-16-6-2-3-7(8(11)4-6)9(15)5-10(12,13)14/h2-4,9H,5,15H2,1H3. The predicted molar refractivity (Wildman–Crippen MR) is 55.6 cm³/mol. The Balaban J connectivity index is 2.88. The first-order chi connectivity index (χ1) is 7.33. The second-order valence-electron chi connectivity index (χ2n) is 3.31. The first-order valence-electron chi connectivity index (χ1n) is 4.49. The fraction of sp³-hybridized carbons (Fsp3) is 0.400. The number of halogens is 4. The van der Waals surface area contributed by atoms with E-state index in [1.807, 2.05) is 0 Å². The van der Waals surface area contributed by atoms with E-state index in [1.165, 1.54) is 25.3 Å². The van der Waals surface area contributed by atoms with Crippen LogP contribution in [-0.4, -0.2) is 13.3 Å². The summed E-state index contributed by atoms with van der Waals surface area (Å²) in [7, 11) is 1.45. The second kappa shape index (κ2) is 4.93. The highest BCUT2D eigenvalue weighted by atomic mass is 35.5. The van der Waals surface area contributed by atoms with Gasteiger partial charge in [0.1, 0.15) is 5.75 Å². The highest BCUT2D eigenvalue weighted by Gasteiger charge is 2.31. The van der Waals surface area contributed by atoms with Crippen molar-refractivity contribution < 1.29 is 17.9 Å². The van der Waals surface area contributed by atoms with Gasteiger partial charge in [0.05, 0.1) is 13.5 Å². The van der Waals surface area contributed by atoms with Gasteiger partial charge in [-0.15, -0.1) is 0 Å². The summed E-state index contributed by atoms with van der Waals surface area (Å²) in [5.74, 6) is 0.480. The molecule has 0 spiro atoms. The molecule has 0 heterocycles.